The Morgan fingerprint density at radius 2 is 1.88 bits per heavy atom. The summed E-state index contributed by atoms with van der Waals surface area (Å²) in [6.07, 6.45) is 1.35. The Kier molecular flexibility index (Phi) is 6.75. The van der Waals surface area contributed by atoms with Gasteiger partial charge < -0.3 is 10.1 Å². The van der Waals surface area contributed by atoms with Gasteiger partial charge in [0.05, 0.1) is 30.6 Å². The van der Waals surface area contributed by atoms with E-state index in [0.29, 0.717) is 17.1 Å². The molecule has 33 heavy (non-hydrogen) atoms. The zero-order chi connectivity index (χ0) is 23.2. The number of methoxy groups -OCH3 is 1. The number of ether oxygens (including phenoxy) is 1. The van der Waals surface area contributed by atoms with Crippen LogP contribution in [-0.2, 0) is 17.9 Å². The number of rotatable bonds is 8. The number of benzene rings is 1. The first-order valence-electron chi connectivity index (χ1n) is 10.1. The molecule has 0 bridgehead atoms. The van der Waals surface area contributed by atoms with Gasteiger partial charge in [0, 0.05) is 24.2 Å². The van der Waals surface area contributed by atoms with E-state index in [9.17, 15) is 14.4 Å². The molecular weight excluding hydrogens is 442 g/mol. The van der Waals surface area contributed by atoms with Crippen molar-refractivity contribution in [2.75, 3.05) is 13.7 Å². The van der Waals surface area contributed by atoms with Crippen molar-refractivity contribution >= 4 is 17.2 Å². The van der Waals surface area contributed by atoms with Crippen LogP contribution in [0, 0.1) is 0 Å². The summed E-state index contributed by atoms with van der Waals surface area (Å²) in [6, 6.07) is 15.5. The van der Waals surface area contributed by atoms with Gasteiger partial charge in [0.15, 0.2) is 0 Å². The highest BCUT2D eigenvalue weighted by Crippen LogP contribution is 2.21. The summed E-state index contributed by atoms with van der Waals surface area (Å²) in [7, 11) is 1.58. The number of carbonyl (C=O) groups excluding carboxylic acids is 1. The van der Waals surface area contributed by atoms with Crippen LogP contribution in [0.15, 0.2) is 75.9 Å². The molecule has 0 saturated carbocycles. The molecule has 10 heteroatoms. The van der Waals surface area contributed by atoms with E-state index in [2.05, 4.69) is 15.4 Å². The summed E-state index contributed by atoms with van der Waals surface area (Å²) in [5.41, 5.74) is 1.39. The first kappa shape index (κ1) is 22.2. The predicted molar refractivity (Wildman–Crippen MR) is 125 cm³/mol. The van der Waals surface area contributed by atoms with E-state index in [4.69, 9.17) is 4.74 Å². The van der Waals surface area contributed by atoms with E-state index < -0.39 is 0 Å². The molecule has 0 aliphatic carbocycles. The van der Waals surface area contributed by atoms with Gasteiger partial charge >= 0.3 is 0 Å². The Hall–Kier alpha value is -4.05. The fourth-order valence-electron chi connectivity index (χ4n) is 3.14. The lowest BCUT2D eigenvalue weighted by molar-refractivity contribution is -0.121. The molecule has 0 unspecified atom stereocenters. The van der Waals surface area contributed by atoms with Gasteiger partial charge in [-0.15, -0.1) is 11.3 Å². The molecule has 0 aliphatic heterocycles. The first-order chi connectivity index (χ1) is 16.0. The van der Waals surface area contributed by atoms with Crippen LogP contribution in [0.4, 0.5) is 0 Å². The van der Waals surface area contributed by atoms with Crippen molar-refractivity contribution in [3.63, 3.8) is 0 Å². The van der Waals surface area contributed by atoms with Crippen LogP contribution < -0.4 is 21.2 Å². The van der Waals surface area contributed by atoms with Gasteiger partial charge in [-0.05, 0) is 41.8 Å². The maximum absolute atomic E-state index is 12.4. The second-order valence-electron chi connectivity index (χ2n) is 7.08. The molecule has 0 spiro atoms. The highest BCUT2D eigenvalue weighted by Gasteiger charge is 2.09. The van der Waals surface area contributed by atoms with Crippen LogP contribution in [0.5, 0.6) is 5.75 Å². The zero-order valence-corrected chi connectivity index (χ0v) is 18.6. The monoisotopic (exact) mass is 463 g/mol. The van der Waals surface area contributed by atoms with Crippen LogP contribution in [0.2, 0.25) is 0 Å². The summed E-state index contributed by atoms with van der Waals surface area (Å²) in [5.74, 6) is 0.345. The predicted octanol–water partition coefficient (Wildman–Crippen LogP) is 2.02. The number of thiophene rings is 1. The number of nitrogens with one attached hydrogen (secondary N) is 1. The maximum Gasteiger partial charge on any atom is 0.266 e. The molecule has 3 heterocycles. The quantitative estimate of drug-likeness (QED) is 0.428. The van der Waals surface area contributed by atoms with Crippen molar-refractivity contribution < 1.29 is 9.53 Å². The fourth-order valence-corrected chi connectivity index (χ4v) is 3.83. The molecule has 1 aromatic carbocycles. The standard InChI is InChI=1S/C23H21N5O4S/c1-32-17-6-4-16(5-7-17)19-13-23(31)27(15-25-19)14-21(29)24-10-11-28-22(30)9-8-18(26-28)20-3-2-12-33-20/h2-9,12-13,15H,10-11,14H2,1H3,(H,24,29). The molecule has 4 aromatic rings. The number of aromatic nitrogens is 4. The number of hydrogen-bond acceptors (Lipinski definition) is 7. The van der Waals surface area contributed by atoms with E-state index in [0.717, 1.165) is 10.4 Å². The lowest BCUT2D eigenvalue weighted by atomic mass is 10.1. The first-order valence-corrected chi connectivity index (χ1v) is 11.0. The molecule has 9 nitrogen and oxygen atoms in total. The lowest BCUT2D eigenvalue weighted by Gasteiger charge is -2.09. The third-order valence-electron chi connectivity index (χ3n) is 4.87. The highest BCUT2D eigenvalue weighted by molar-refractivity contribution is 7.13. The molecule has 0 atom stereocenters. The number of amides is 1. The van der Waals surface area contributed by atoms with Crippen molar-refractivity contribution in [3.05, 3.63) is 87.0 Å². The van der Waals surface area contributed by atoms with Crippen molar-refractivity contribution in [1.82, 2.24) is 24.6 Å². The van der Waals surface area contributed by atoms with Crippen LogP contribution in [0.3, 0.4) is 0 Å². The Balaban J connectivity index is 1.35. The van der Waals surface area contributed by atoms with E-state index in [1.807, 2.05) is 17.5 Å². The Bertz CT molecular complexity index is 1360. The molecular formula is C23H21N5O4S. The SMILES string of the molecule is COc1ccc(-c2cc(=O)n(CC(=O)NCCn3nc(-c4cccs4)ccc3=O)cn2)cc1. The van der Waals surface area contributed by atoms with Crippen LogP contribution in [-0.4, -0.2) is 38.9 Å². The topological polar surface area (TPSA) is 108 Å². The third kappa shape index (κ3) is 5.42. The van der Waals surface area contributed by atoms with Crippen LogP contribution >= 0.6 is 11.3 Å². The molecule has 4 rings (SSSR count). The minimum atomic E-state index is -0.362. The molecule has 0 fully saturated rings. The lowest BCUT2D eigenvalue weighted by Crippen LogP contribution is -2.35. The van der Waals surface area contributed by atoms with E-state index in [-0.39, 0.29) is 36.7 Å². The van der Waals surface area contributed by atoms with Crippen molar-refractivity contribution in [2.45, 2.75) is 13.1 Å². The van der Waals surface area contributed by atoms with Crippen LogP contribution in [0.25, 0.3) is 21.8 Å². The molecule has 0 aliphatic rings. The smallest absolute Gasteiger partial charge is 0.266 e. The second kappa shape index (κ2) is 10.0. The van der Waals surface area contributed by atoms with Gasteiger partial charge in [0.2, 0.25) is 5.91 Å². The molecule has 1 amide bonds. The average molecular weight is 464 g/mol. The van der Waals surface area contributed by atoms with Gasteiger partial charge in [-0.1, -0.05) is 6.07 Å². The molecule has 168 valence electrons. The zero-order valence-electron chi connectivity index (χ0n) is 17.8. The van der Waals surface area contributed by atoms with Gasteiger partial charge in [0.1, 0.15) is 18.0 Å². The van der Waals surface area contributed by atoms with E-state index in [1.165, 1.54) is 39.0 Å². The summed E-state index contributed by atoms with van der Waals surface area (Å²) in [6.45, 7) is 0.241. The Morgan fingerprint density at radius 1 is 1.06 bits per heavy atom. The normalized spacial score (nSPS) is 10.7. The van der Waals surface area contributed by atoms with Gasteiger partial charge in [-0.3, -0.25) is 19.0 Å². The number of nitrogens with zero attached hydrogens (tertiary/aromatic N) is 4. The third-order valence-corrected chi connectivity index (χ3v) is 5.76. The molecule has 0 radical (unpaired) electrons. The highest BCUT2D eigenvalue weighted by atomic mass is 32.1. The summed E-state index contributed by atoms with van der Waals surface area (Å²) >= 11 is 1.53. The summed E-state index contributed by atoms with van der Waals surface area (Å²) in [4.78, 5) is 42.0. The second-order valence-corrected chi connectivity index (χ2v) is 8.02. The van der Waals surface area contributed by atoms with Crippen molar-refractivity contribution in [2.24, 2.45) is 0 Å². The van der Waals surface area contributed by atoms with E-state index >= 15 is 0 Å². The Labute approximate surface area is 192 Å². The molecule has 1 N–H and O–H groups in total. The average Bonchev–Trinajstić information content (AvgIpc) is 3.37. The van der Waals surface area contributed by atoms with Crippen molar-refractivity contribution in [1.29, 1.82) is 0 Å². The van der Waals surface area contributed by atoms with Crippen LogP contribution in [0.1, 0.15) is 0 Å². The number of hydrogen-bond donors (Lipinski definition) is 1. The van der Waals surface area contributed by atoms with Gasteiger partial charge in [-0.2, -0.15) is 5.10 Å². The molecule has 0 saturated heterocycles. The van der Waals surface area contributed by atoms with Gasteiger partial charge in [0.25, 0.3) is 11.1 Å². The minimum absolute atomic E-state index is 0.174. The fraction of sp³-hybridized carbons (Fsp3) is 0.174. The summed E-state index contributed by atoms with van der Waals surface area (Å²) < 4.78 is 7.67. The maximum atomic E-state index is 12.4. The minimum Gasteiger partial charge on any atom is -0.497 e. The summed E-state index contributed by atoms with van der Waals surface area (Å²) in [5, 5.41) is 9.00. The van der Waals surface area contributed by atoms with E-state index in [1.54, 1.807) is 37.4 Å². The Morgan fingerprint density at radius 3 is 2.58 bits per heavy atom. The number of carbonyl (C=O) groups is 1. The molecule has 3 aromatic heterocycles. The van der Waals surface area contributed by atoms with Crippen molar-refractivity contribution in [3.8, 4) is 27.6 Å². The van der Waals surface area contributed by atoms with Gasteiger partial charge in [-0.25, -0.2) is 9.67 Å². The largest absolute Gasteiger partial charge is 0.497 e.